The second-order valence-electron chi connectivity index (χ2n) is 4.78. The summed E-state index contributed by atoms with van der Waals surface area (Å²) in [5.41, 5.74) is 0.759. The summed E-state index contributed by atoms with van der Waals surface area (Å²) >= 11 is 0. The van der Waals surface area contributed by atoms with Crippen molar-refractivity contribution in [1.29, 1.82) is 0 Å². The fourth-order valence-corrected chi connectivity index (χ4v) is 2.71. The van der Waals surface area contributed by atoms with Gasteiger partial charge in [-0.05, 0) is 30.6 Å². The van der Waals surface area contributed by atoms with Crippen LogP contribution in [-0.4, -0.2) is 0 Å². The summed E-state index contributed by atoms with van der Waals surface area (Å²) < 4.78 is 0. The zero-order chi connectivity index (χ0) is 9.03. The second-order valence-corrected chi connectivity index (χ2v) is 4.78. The first-order valence-electron chi connectivity index (χ1n) is 5.72. The van der Waals surface area contributed by atoms with E-state index in [9.17, 15) is 0 Å². The predicted octanol–water partition coefficient (Wildman–Crippen LogP) is 4.39. The Hall–Kier alpha value is 0. The van der Waals surface area contributed by atoms with Gasteiger partial charge in [0.05, 0.1) is 0 Å². The van der Waals surface area contributed by atoms with Crippen molar-refractivity contribution in [2.24, 2.45) is 11.3 Å². The molecule has 0 spiro atoms. The standard InChI is InChI=1S/C12H24/c1-4-11(3)10-12(5-2)8-6-7-9-12/h11H,4-10H2,1-3H3. The molecule has 1 unspecified atom stereocenters. The van der Waals surface area contributed by atoms with Crippen LogP contribution in [0.4, 0.5) is 0 Å². The van der Waals surface area contributed by atoms with Gasteiger partial charge in [0.2, 0.25) is 0 Å². The van der Waals surface area contributed by atoms with Crippen molar-refractivity contribution in [3.05, 3.63) is 0 Å². The van der Waals surface area contributed by atoms with Crippen LogP contribution in [0.2, 0.25) is 0 Å². The van der Waals surface area contributed by atoms with Crippen molar-refractivity contribution in [3.8, 4) is 0 Å². The molecule has 0 aromatic heterocycles. The third-order valence-corrected chi connectivity index (χ3v) is 3.89. The van der Waals surface area contributed by atoms with E-state index >= 15 is 0 Å². The minimum atomic E-state index is 0.759. The molecule has 1 atom stereocenters. The molecule has 0 aliphatic heterocycles. The number of hydrogen-bond acceptors (Lipinski definition) is 0. The topological polar surface area (TPSA) is 0 Å². The lowest BCUT2D eigenvalue weighted by atomic mass is 9.75. The van der Waals surface area contributed by atoms with E-state index in [1.807, 2.05) is 0 Å². The quantitative estimate of drug-likeness (QED) is 0.584. The van der Waals surface area contributed by atoms with E-state index in [1.54, 1.807) is 0 Å². The normalized spacial score (nSPS) is 24.2. The highest BCUT2D eigenvalue weighted by Gasteiger charge is 2.32. The van der Waals surface area contributed by atoms with E-state index in [4.69, 9.17) is 0 Å². The zero-order valence-electron chi connectivity index (χ0n) is 9.03. The molecular formula is C12H24. The van der Waals surface area contributed by atoms with Crippen molar-refractivity contribution < 1.29 is 0 Å². The van der Waals surface area contributed by atoms with E-state index in [2.05, 4.69) is 20.8 Å². The lowest BCUT2D eigenvalue weighted by molar-refractivity contribution is 0.215. The van der Waals surface area contributed by atoms with Gasteiger partial charge in [0.1, 0.15) is 0 Å². The molecule has 12 heavy (non-hydrogen) atoms. The Labute approximate surface area is 77.7 Å². The minimum absolute atomic E-state index is 0.759. The summed E-state index contributed by atoms with van der Waals surface area (Å²) in [7, 11) is 0. The molecule has 0 amide bonds. The first kappa shape index (κ1) is 10.1. The summed E-state index contributed by atoms with van der Waals surface area (Å²) in [6.07, 6.45) is 10.3. The summed E-state index contributed by atoms with van der Waals surface area (Å²) in [6.45, 7) is 7.12. The highest BCUT2D eigenvalue weighted by atomic mass is 14.4. The molecule has 0 heteroatoms. The van der Waals surface area contributed by atoms with Gasteiger partial charge in [-0.2, -0.15) is 0 Å². The molecule has 0 N–H and O–H groups in total. The second kappa shape index (κ2) is 4.30. The average molecular weight is 168 g/mol. The van der Waals surface area contributed by atoms with Gasteiger partial charge in [0, 0.05) is 0 Å². The zero-order valence-corrected chi connectivity index (χ0v) is 9.03. The van der Waals surface area contributed by atoms with Crippen LogP contribution in [0.1, 0.15) is 65.7 Å². The molecule has 0 aromatic rings. The Kier molecular flexibility index (Phi) is 3.61. The van der Waals surface area contributed by atoms with Crippen LogP contribution in [-0.2, 0) is 0 Å². The summed E-state index contributed by atoms with van der Waals surface area (Å²) in [5, 5.41) is 0. The van der Waals surface area contributed by atoms with Gasteiger partial charge in [0.15, 0.2) is 0 Å². The van der Waals surface area contributed by atoms with Crippen LogP contribution >= 0.6 is 0 Å². The van der Waals surface area contributed by atoms with Gasteiger partial charge >= 0.3 is 0 Å². The number of hydrogen-bond donors (Lipinski definition) is 0. The molecule has 0 nitrogen and oxygen atoms in total. The SMILES string of the molecule is CCC(C)CC1(CC)CCCC1. The smallest absolute Gasteiger partial charge is 0.0298 e. The lowest BCUT2D eigenvalue weighted by Gasteiger charge is -2.30. The fourth-order valence-electron chi connectivity index (χ4n) is 2.71. The van der Waals surface area contributed by atoms with Crippen LogP contribution in [0.3, 0.4) is 0 Å². The summed E-state index contributed by atoms with van der Waals surface area (Å²) in [4.78, 5) is 0. The third-order valence-electron chi connectivity index (χ3n) is 3.89. The molecule has 1 aliphatic carbocycles. The molecule has 0 bridgehead atoms. The van der Waals surface area contributed by atoms with Crippen LogP contribution in [0.5, 0.6) is 0 Å². The van der Waals surface area contributed by atoms with Gasteiger partial charge in [-0.25, -0.2) is 0 Å². The molecule has 0 radical (unpaired) electrons. The highest BCUT2D eigenvalue weighted by Crippen LogP contribution is 2.45. The van der Waals surface area contributed by atoms with E-state index in [-0.39, 0.29) is 0 Å². The molecule has 1 saturated carbocycles. The van der Waals surface area contributed by atoms with Crippen molar-refractivity contribution in [2.75, 3.05) is 0 Å². The van der Waals surface area contributed by atoms with Crippen molar-refractivity contribution in [2.45, 2.75) is 65.7 Å². The Morgan fingerprint density at radius 2 is 1.75 bits per heavy atom. The van der Waals surface area contributed by atoms with Crippen molar-refractivity contribution >= 4 is 0 Å². The molecule has 1 rings (SSSR count). The third kappa shape index (κ3) is 2.24. The monoisotopic (exact) mass is 168 g/mol. The largest absolute Gasteiger partial charge is 0.0651 e. The van der Waals surface area contributed by atoms with Crippen LogP contribution in [0, 0.1) is 11.3 Å². The number of rotatable bonds is 4. The van der Waals surface area contributed by atoms with E-state index in [0.29, 0.717) is 0 Å². The molecule has 72 valence electrons. The van der Waals surface area contributed by atoms with Crippen LogP contribution in [0.25, 0.3) is 0 Å². The average Bonchev–Trinajstić information content (AvgIpc) is 2.54. The maximum atomic E-state index is 2.41. The summed E-state index contributed by atoms with van der Waals surface area (Å²) in [5.74, 6) is 0.947. The van der Waals surface area contributed by atoms with Gasteiger partial charge in [0.25, 0.3) is 0 Å². The summed E-state index contributed by atoms with van der Waals surface area (Å²) in [6, 6.07) is 0. The molecular weight excluding hydrogens is 144 g/mol. The van der Waals surface area contributed by atoms with Gasteiger partial charge in [-0.1, -0.05) is 46.5 Å². The van der Waals surface area contributed by atoms with Gasteiger partial charge < -0.3 is 0 Å². The molecule has 0 saturated heterocycles. The molecule has 0 aromatic carbocycles. The van der Waals surface area contributed by atoms with Crippen molar-refractivity contribution in [3.63, 3.8) is 0 Å². The molecule has 1 fully saturated rings. The molecule has 1 aliphatic rings. The Balaban J connectivity index is 2.43. The molecule has 0 heterocycles. The Bertz CT molecular complexity index is 120. The maximum absolute atomic E-state index is 2.41. The Morgan fingerprint density at radius 3 is 2.17 bits per heavy atom. The van der Waals surface area contributed by atoms with Gasteiger partial charge in [-0.3, -0.25) is 0 Å². The van der Waals surface area contributed by atoms with Crippen LogP contribution < -0.4 is 0 Å². The minimum Gasteiger partial charge on any atom is -0.0651 e. The Morgan fingerprint density at radius 1 is 1.17 bits per heavy atom. The fraction of sp³-hybridized carbons (Fsp3) is 1.00. The maximum Gasteiger partial charge on any atom is -0.0298 e. The van der Waals surface area contributed by atoms with E-state index in [1.165, 1.54) is 44.9 Å². The first-order chi connectivity index (χ1) is 5.72. The van der Waals surface area contributed by atoms with E-state index < -0.39 is 0 Å². The lowest BCUT2D eigenvalue weighted by Crippen LogP contribution is -2.18. The predicted molar refractivity (Wildman–Crippen MR) is 55.3 cm³/mol. The first-order valence-corrected chi connectivity index (χ1v) is 5.72. The van der Waals surface area contributed by atoms with Crippen LogP contribution in [0.15, 0.2) is 0 Å². The van der Waals surface area contributed by atoms with Crippen molar-refractivity contribution in [1.82, 2.24) is 0 Å². The van der Waals surface area contributed by atoms with Gasteiger partial charge in [-0.15, -0.1) is 0 Å². The highest BCUT2D eigenvalue weighted by molar-refractivity contribution is 4.84. The van der Waals surface area contributed by atoms with E-state index in [0.717, 1.165) is 11.3 Å².